The summed E-state index contributed by atoms with van der Waals surface area (Å²) in [5, 5.41) is 12.0. The molecule has 2 rings (SSSR count). The van der Waals surface area contributed by atoms with Gasteiger partial charge in [-0.3, -0.25) is 9.59 Å². The summed E-state index contributed by atoms with van der Waals surface area (Å²) < 4.78 is 5.40. The monoisotopic (exact) mass is 283 g/mol. The normalized spacial score (nSPS) is 20.7. The molecule has 6 heteroatoms. The Labute approximate surface area is 115 Å². The number of carboxylic acid groups (broad SMARTS) is 1. The van der Waals surface area contributed by atoms with Crippen molar-refractivity contribution in [1.82, 2.24) is 5.32 Å². The minimum atomic E-state index is -0.905. The second-order valence-corrected chi connectivity index (χ2v) is 4.82. The summed E-state index contributed by atoms with van der Waals surface area (Å²) in [6, 6.07) is 6.92. The first-order valence-electron chi connectivity index (χ1n) is 5.97. The molecule has 0 radical (unpaired) electrons. The van der Waals surface area contributed by atoms with Gasteiger partial charge in [0.1, 0.15) is 12.4 Å². The quantitative estimate of drug-likeness (QED) is 0.777. The van der Waals surface area contributed by atoms with Gasteiger partial charge in [0, 0.05) is 5.02 Å². The fourth-order valence-corrected chi connectivity index (χ4v) is 1.89. The number of carboxylic acids is 1. The van der Waals surface area contributed by atoms with Gasteiger partial charge in [0.05, 0.1) is 18.4 Å². The van der Waals surface area contributed by atoms with Gasteiger partial charge in [-0.1, -0.05) is 11.6 Å². The number of halogens is 1. The molecule has 0 heterocycles. The summed E-state index contributed by atoms with van der Waals surface area (Å²) in [7, 11) is 0. The van der Waals surface area contributed by atoms with Crippen molar-refractivity contribution in [2.24, 2.45) is 11.8 Å². The number of rotatable bonds is 6. The lowest BCUT2D eigenvalue weighted by Crippen LogP contribution is -2.30. The van der Waals surface area contributed by atoms with Crippen LogP contribution < -0.4 is 10.1 Å². The molecule has 1 saturated carbocycles. The van der Waals surface area contributed by atoms with Crippen molar-refractivity contribution in [3.05, 3.63) is 29.3 Å². The summed E-state index contributed by atoms with van der Waals surface area (Å²) >= 11 is 5.74. The zero-order chi connectivity index (χ0) is 13.8. The summed E-state index contributed by atoms with van der Waals surface area (Å²) in [4.78, 5) is 22.1. The Kier molecular flexibility index (Phi) is 4.27. The van der Waals surface area contributed by atoms with E-state index in [4.69, 9.17) is 21.4 Å². The molecule has 102 valence electrons. The molecular formula is C13H14ClNO4. The van der Waals surface area contributed by atoms with E-state index in [-0.39, 0.29) is 11.8 Å². The number of benzene rings is 1. The molecule has 1 amide bonds. The Morgan fingerprint density at radius 1 is 1.32 bits per heavy atom. The van der Waals surface area contributed by atoms with Crippen LogP contribution >= 0.6 is 11.6 Å². The molecule has 0 unspecified atom stereocenters. The molecule has 2 N–H and O–H groups in total. The fourth-order valence-electron chi connectivity index (χ4n) is 1.76. The number of nitrogens with one attached hydrogen (secondary N) is 1. The molecule has 5 nitrogen and oxygen atoms in total. The van der Waals surface area contributed by atoms with Crippen molar-refractivity contribution >= 4 is 23.5 Å². The lowest BCUT2D eigenvalue weighted by molar-refractivity contribution is -0.140. The van der Waals surface area contributed by atoms with Crippen molar-refractivity contribution in [2.45, 2.75) is 6.42 Å². The predicted octanol–water partition coefficient (Wildman–Crippen LogP) is 1.56. The Morgan fingerprint density at radius 3 is 2.58 bits per heavy atom. The SMILES string of the molecule is O=C(NCCOc1ccc(Cl)cc1)[C@H]1C[C@H]1C(=O)O. The van der Waals surface area contributed by atoms with Crippen LogP contribution in [0, 0.1) is 11.8 Å². The third-order valence-electron chi connectivity index (χ3n) is 2.93. The molecular weight excluding hydrogens is 270 g/mol. The highest BCUT2D eigenvalue weighted by Gasteiger charge is 2.48. The van der Waals surface area contributed by atoms with Crippen LogP contribution in [0.15, 0.2) is 24.3 Å². The van der Waals surface area contributed by atoms with Crippen LogP contribution in [0.3, 0.4) is 0 Å². The first-order chi connectivity index (χ1) is 9.08. The summed E-state index contributed by atoms with van der Waals surface area (Å²) in [6.45, 7) is 0.683. The van der Waals surface area contributed by atoms with E-state index in [1.807, 2.05) is 0 Å². The largest absolute Gasteiger partial charge is 0.492 e. The maximum Gasteiger partial charge on any atom is 0.307 e. The summed E-state index contributed by atoms with van der Waals surface area (Å²) in [5.74, 6) is -1.34. The third kappa shape index (κ3) is 3.86. The Bertz CT molecular complexity index is 474. The lowest BCUT2D eigenvalue weighted by atomic mass is 10.3. The average molecular weight is 284 g/mol. The molecule has 2 atom stereocenters. The van der Waals surface area contributed by atoms with Gasteiger partial charge in [-0.25, -0.2) is 0 Å². The van der Waals surface area contributed by atoms with E-state index in [0.717, 1.165) is 0 Å². The molecule has 0 bridgehead atoms. The molecule has 0 spiro atoms. The van der Waals surface area contributed by atoms with E-state index in [0.29, 0.717) is 30.3 Å². The van der Waals surface area contributed by atoms with Crippen LogP contribution in [0.4, 0.5) is 0 Å². The Hall–Kier alpha value is -1.75. The van der Waals surface area contributed by atoms with Gasteiger partial charge in [-0.05, 0) is 30.7 Å². The smallest absolute Gasteiger partial charge is 0.307 e. The second-order valence-electron chi connectivity index (χ2n) is 4.38. The molecule has 0 aromatic heterocycles. The van der Waals surface area contributed by atoms with Crippen molar-refractivity contribution in [3.63, 3.8) is 0 Å². The first-order valence-corrected chi connectivity index (χ1v) is 6.34. The van der Waals surface area contributed by atoms with E-state index >= 15 is 0 Å². The van der Waals surface area contributed by atoms with Crippen LogP contribution in [0.1, 0.15) is 6.42 Å². The molecule has 1 aliphatic rings. The van der Waals surface area contributed by atoms with Gasteiger partial charge in [-0.2, -0.15) is 0 Å². The van der Waals surface area contributed by atoms with E-state index in [9.17, 15) is 9.59 Å². The van der Waals surface area contributed by atoms with Gasteiger partial charge in [0.2, 0.25) is 5.91 Å². The minimum Gasteiger partial charge on any atom is -0.492 e. The maximum atomic E-state index is 11.5. The van der Waals surface area contributed by atoms with E-state index in [1.54, 1.807) is 24.3 Å². The van der Waals surface area contributed by atoms with Gasteiger partial charge in [-0.15, -0.1) is 0 Å². The highest BCUT2D eigenvalue weighted by Crippen LogP contribution is 2.38. The number of hydrogen-bond donors (Lipinski definition) is 2. The summed E-state index contributed by atoms with van der Waals surface area (Å²) in [6.07, 6.45) is 0.430. The van der Waals surface area contributed by atoms with Crippen LogP contribution in [-0.2, 0) is 9.59 Å². The molecule has 0 aliphatic heterocycles. The number of carbonyl (C=O) groups is 2. The van der Waals surface area contributed by atoms with Gasteiger partial charge in [0.25, 0.3) is 0 Å². The molecule has 1 aromatic carbocycles. The van der Waals surface area contributed by atoms with Crippen LogP contribution in [0.5, 0.6) is 5.75 Å². The lowest BCUT2D eigenvalue weighted by Gasteiger charge is -2.07. The Balaban J connectivity index is 1.63. The van der Waals surface area contributed by atoms with E-state index in [2.05, 4.69) is 5.32 Å². The van der Waals surface area contributed by atoms with E-state index in [1.165, 1.54) is 0 Å². The summed E-state index contributed by atoms with van der Waals surface area (Å²) in [5.41, 5.74) is 0. The first kappa shape index (κ1) is 13.7. The Morgan fingerprint density at radius 2 is 2.00 bits per heavy atom. The maximum absolute atomic E-state index is 11.5. The number of ether oxygens (including phenoxy) is 1. The van der Waals surface area contributed by atoms with Crippen LogP contribution in [0.25, 0.3) is 0 Å². The van der Waals surface area contributed by atoms with Crippen LogP contribution in [0.2, 0.25) is 5.02 Å². The van der Waals surface area contributed by atoms with E-state index < -0.39 is 11.9 Å². The number of amides is 1. The van der Waals surface area contributed by atoms with Crippen molar-refractivity contribution in [2.75, 3.05) is 13.2 Å². The van der Waals surface area contributed by atoms with Gasteiger partial charge >= 0.3 is 5.97 Å². The average Bonchev–Trinajstić information content (AvgIpc) is 3.17. The van der Waals surface area contributed by atoms with Gasteiger partial charge in [0.15, 0.2) is 0 Å². The number of aliphatic carboxylic acids is 1. The minimum absolute atomic E-state index is 0.216. The topological polar surface area (TPSA) is 75.6 Å². The third-order valence-corrected chi connectivity index (χ3v) is 3.18. The molecule has 19 heavy (non-hydrogen) atoms. The predicted molar refractivity (Wildman–Crippen MR) is 69.2 cm³/mol. The molecule has 0 saturated heterocycles. The highest BCUT2D eigenvalue weighted by molar-refractivity contribution is 6.30. The van der Waals surface area contributed by atoms with Crippen LogP contribution in [-0.4, -0.2) is 30.1 Å². The van der Waals surface area contributed by atoms with Crippen molar-refractivity contribution < 1.29 is 19.4 Å². The van der Waals surface area contributed by atoms with Crippen molar-refractivity contribution in [3.8, 4) is 5.75 Å². The van der Waals surface area contributed by atoms with Crippen molar-refractivity contribution in [1.29, 1.82) is 0 Å². The molecule has 1 fully saturated rings. The number of carbonyl (C=O) groups excluding carboxylic acids is 1. The zero-order valence-corrected chi connectivity index (χ0v) is 10.9. The zero-order valence-electron chi connectivity index (χ0n) is 10.1. The second kappa shape index (κ2) is 5.93. The van der Waals surface area contributed by atoms with Gasteiger partial charge < -0.3 is 15.2 Å². The fraction of sp³-hybridized carbons (Fsp3) is 0.385. The highest BCUT2D eigenvalue weighted by atomic mass is 35.5. The molecule has 1 aromatic rings. The standard InChI is InChI=1S/C13H14ClNO4/c14-8-1-3-9(4-2-8)19-6-5-15-12(16)10-7-11(10)13(17)18/h1-4,10-11H,5-7H2,(H,15,16)(H,17,18)/t10-,11+/m0/s1. The molecule has 1 aliphatic carbocycles. The number of hydrogen-bond acceptors (Lipinski definition) is 3.